The molecule has 2 bridgehead atoms. The normalized spacial score (nSPS) is 22.3. The lowest BCUT2D eigenvalue weighted by Crippen LogP contribution is -2.59. The molecule has 0 spiro atoms. The maximum absolute atomic E-state index is 14.3. The summed E-state index contributed by atoms with van der Waals surface area (Å²) < 4.78 is 24.5. The summed E-state index contributed by atoms with van der Waals surface area (Å²) in [5.74, 6) is -0.982. The van der Waals surface area contributed by atoms with Gasteiger partial charge in [-0.2, -0.15) is 0 Å². The third-order valence-corrected chi connectivity index (χ3v) is 8.85. The van der Waals surface area contributed by atoms with E-state index in [1.807, 2.05) is 42.5 Å². The molecule has 3 unspecified atom stereocenters. The lowest BCUT2D eigenvalue weighted by molar-refractivity contribution is -0.164. The fourth-order valence-electron chi connectivity index (χ4n) is 6.81. The first kappa shape index (κ1) is 27.9. The van der Waals surface area contributed by atoms with Crippen LogP contribution in [0.15, 0.2) is 91.5 Å². The Morgan fingerprint density at radius 3 is 1.98 bits per heavy atom. The van der Waals surface area contributed by atoms with Gasteiger partial charge in [0.25, 0.3) is 0 Å². The maximum Gasteiger partial charge on any atom is 0.335 e. The number of ether oxygens (including phenoxy) is 4. The number of carbonyl (C=O) groups is 2. The summed E-state index contributed by atoms with van der Waals surface area (Å²) in [7, 11) is 3.36. The summed E-state index contributed by atoms with van der Waals surface area (Å²) in [6.07, 6.45) is 1.46. The van der Waals surface area contributed by atoms with Gasteiger partial charge in [-0.3, -0.25) is 4.79 Å². The number of carbonyl (C=O) groups excluding carboxylic acids is 2. The second-order valence-corrected chi connectivity index (χ2v) is 11.9. The molecule has 3 atom stereocenters. The predicted molar refractivity (Wildman–Crippen MR) is 161 cm³/mol. The summed E-state index contributed by atoms with van der Waals surface area (Å²) in [6.45, 7) is 10.0. The lowest BCUT2D eigenvalue weighted by Gasteiger charge is -2.57. The highest BCUT2D eigenvalue weighted by Gasteiger charge is 2.64. The Morgan fingerprint density at radius 2 is 1.38 bits per heavy atom. The summed E-state index contributed by atoms with van der Waals surface area (Å²) in [5.41, 5.74) is 2.98. The third kappa shape index (κ3) is 3.93. The predicted octanol–water partition coefficient (Wildman–Crippen LogP) is 6.95. The molecule has 0 saturated heterocycles. The van der Waals surface area contributed by atoms with Crippen LogP contribution in [-0.2, 0) is 35.7 Å². The van der Waals surface area contributed by atoms with E-state index in [1.54, 1.807) is 26.4 Å². The van der Waals surface area contributed by atoms with Gasteiger partial charge < -0.3 is 18.9 Å². The van der Waals surface area contributed by atoms with E-state index in [0.29, 0.717) is 28.7 Å². The molecule has 0 aliphatic heterocycles. The van der Waals surface area contributed by atoms with E-state index in [4.69, 9.17) is 18.9 Å². The molecular weight excluding hydrogens is 528 g/mol. The number of esters is 2. The molecule has 3 aliphatic carbocycles. The van der Waals surface area contributed by atoms with Crippen LogP contribution in [0.2, 0.25) is 0 Å². The molecule has 0 N–H and O–H groups in total. The molecule has 0 fully saturated rings. The van der Waals surface area contributed by atoms with Crippen LogP contribution in [0.25, 0.3) is 10.8 Å². The number of benzene rings is 4. The molecule has 4 aromatic carbocycles. The fraction of sp³-hybridized carbons (Fsp3) is 0.278. The quantitative estimate of drug-likeness (QED) is 0.144. The highest BCUT2D eigenvalue weighted by molar-refractivity contribution is 5.97. The molecule has 0 saturated carbocycles. The van der Waals surface area contributed by atoms with Gasteiger partial charge in [0, 0.05) is 37.5 Å². The van der Waals surface area contributed by atoms with E-state index in [9.17, 15) is 9.59 Å². The molecule has 6 nitrogen and oxygen atoms in total. The molecule has 6 heteroatoms. The lowest BCUT2D eigenvalue weighted by atomic mass is 9.53. The van der Waals surface area contributed by atoms with Crippen LogP contribution in [0.1, 0.15) is 55.0 Å². The Bertz CT molecular complexity index is 1750. The highest BCUT2D eigenvalue weighted by Crippen LogP contribution is 2.63. The van der Waals surface area contributed by atoms with Gasteiger partial charge in [0.1, 0.15) is 22.7 Å². The Hall–Kier alpha value is -4.26. The molecule has 3 aliphatic rings. The van der Waals surface area contributed by atoms with Gasteiger partial charge >= 0.3 is 11.9 Å². The standard InChI is InChI=1S/C36H34O6/c1-7-32(37)41-30-18-19-31(24-13-9-8-12-23(24)30)42-33(38)29-21-35(39-5)25-14-10-11-15-26(25)36(29,40-6)27-17-16-22(20-28(27)35)34(2,3)4/h7-20,29H,1,21H2,2-6H3. The Balaban J connectivity index is 1.49. The minimum atomic E-state index is -1.07. The van der Waals surface area contributed by atoms with E-state index in [-0.39, 0.29) is 5.41 Å². The Morgan fingerprint density at radius 1 is 0.786 bits per heavy atom. The van der Waals surface area contributed by atoms with Crippen molar-refractivity contribution >= 4 is 22.7 Å². The average molecular weight is 563 g/mol. The van der Waals surface area contributed by atoms with E-state index < -0.39 is 29.1 Å². The second kappa shape index (κ2) is 9.93. The number of fused-ring (bicyclic) bond motifs is 2. The summed E-state index contributed by atoms with van der Waals surface area (Å²) in [4.78, 5) is 26.2. The topological polar surface area (TPSA) is 71.1 Å². The van der Waals surface area contributed by atoms with Crippen molar-refractivity contribution in [3.05, 3.63) is 119 Å². The van der Waals surface area contributed by atoms with E-state index in [0.717, 1.165) is 28.3 Å². The van der Waals surface area contributed by atoms with Crippen molar-refractivity contribution in [3.8, 4) is 11.5 Å². The summed E-state index contributed by atoms with van der Waals surface area (Å²) in [5, 5.41) is 1.29. The van der Waals surface area contributed by atoms with E-state index in [1.165, 1.54) is 5.56 Å². The summed E-state index contributed by atoms with van der Waals surface area (Å²) in [6, 6.07) is 25.1. The van der Waals surface area contributed by atoms with Crippen LogP contribution < -0.4 is 9.47 Å². The van der Waals surface area contributed by atoms with Gasteiger partial charge in [0.05, 0.1) is 5.92 Å². The third-order valence-electron chi connectivity index (χ3n) is 8.85. The van der Waals surface area contributed by atoms with Gasteiger partial charge in [-0.15, -0.1) is 0 Å². The zero-order chi connectivity index (χ0) is 29.9. The number of hydrogen-bond acceptors (Lipinski definition) is 6. The molecular formula is C36H34O6. The van der Waals surface area contributed by atoms with Crippen LogP contribution in [0.4, 0.5) is 0 Å². The van der Waals surface area contributed by atoms with Crippen LogP contribution in [0, 0.1) is 5.92 Å². The van der Waals surface area contributed by atoms with Crippen LogP contribution >= 0.6 is 0 Å². The number of methoxy groups -OCH3 is 2. The molecule has 0 heterocycles. The van der Waals surface area contributed by atoms with Crippen molar-refractivity contribution in [2.75, 3.05) is 14.2 Å². The van der Waals surface area contributed by atoms with Gasteiger partial charge in [-0.05, 0) is 45.4 Å². The Kier molecular flexibility index (Phi) is 6.59. The van der Waals surface area contributed by atoms with Crippen molar-refractivity contribution in [1.82, 2.24) is 0 Å². The van der Waals surface area contributed by atoms with Crippen molar-refractivity contribution in [3.63, 3.8) is 0 Å². The monoisotopic (exact) mass is 562 g/mol. The van der Waals surface area contributed by atoms with Crippen LogP contribution in [0.3, 0.4) is 0 Å². The van der Waals surface area contributed by atoms with E-state index in [2.05, 4.69) is 51.6 Å². The molecule has 42 heavy (non-hydrogen) atoms. The average Bonchev–Trinajstić information content (AvgIpc) is 3.01. The van der Waals surface area contributed by atoms with Crippen molar-refractivity contribution in [2.45, 2.75) is 43.8 Å². The van der Waals surface area contributed by atoms with Gasteiger partial charge in [0.2, 0.25) is 0 Å². The molecule has 214 valence electrons. The SMILES string of the molecule is C=CC(=O)Oc1ccc(OC(=O)C2CC3(OC)c4ccccc4C2(OC)c2ccc(C(C)(C)C)cc23)c2ccccc12. The number of hydrogen-bond donors (Lipinski definition) is 0. The smallest absolute Gasteiger partial charge is 0.335 e. The van der Waals surface area contributed by atoms with E-state index >= 15 is 0 Å². The molecule has 7 rings (SSSR count). The van der Waals surface area contributed by atoms with Gasteiger partial charge in [-0.1, -0.05) is 94.1 Å². The van der Waals surface area contributed by atoms with Crippen molar-refractivity contribution in [1.29, 1.82) is 0 Å². The number of rotatable bonds is 6. The zero-order valence-electron chi connectivity index (χ0n) is 24.5. The minimum Gasteiger partial charge on any atom is -0.426 e. The fourth-order valence-corrected chi connectivity index (χ4v) is 6.81. The summed E-state index contributed by atoms with van der Waals surface area (Å²) >= 11 is 0. The van der Waals surface area contributed by atoms with Gasteiger partial charge in [0.15, 0.2) is 0 Å². The minimum absolute atomic E-state index is 0.0774. The molecule has 0 radical (unpaired) electrons. The maximum atomic E-state index is 14.3. The van der Waals surface area contributed by atoms with Gasteiger partial charge in [-0.25, -0.2) is 4.79 Å². The second-order valence-electron chi connectivity index (χ2n) is 11.9. The largest absolute Gasteiger partial charge is 0.426 e. The molecule has 0 aromatic heterocycles. The van der Waals surface area contributed by atoms with Crippen molar-refractivity contribution in [2.24, 2.45) is 5.92 Å². The zero-order valence-corrected chi connectivity index (χ0v) is 24.5. The molecule has 4 aromatic rings. The highest BCUT2D eigenvalue weighted by atomic mass is 16.5. The first-order valence-electron chi connectivity index (χ1n) is 14.0. The molecule has 0 amide bonds. The first-order valence-corrected chi connectivity index (χ1v) is 14.0. The van der Waals surface area contributed by atoms with Crippen molar-refractivity contribution < 1.29 is 28.5 Å². The van der Waals surface area contributed by atoms with Crippen LogP contribution in [0.5, 0.6) is 11.5 Å². The first-order chi connectivity index (χ1) is 20.1. The van der Waals surface area contributed by atoms with Crippen LogP contribution in [-0.4, -0.2) is 26.2 Å². The Labute approximate surface area is 245 Å².